The number of aromatic nitrogens is 4. The van der Waals surface area contributed by atoms with Gasteiger partial charge in [0.2, 0.25) is 0 Å². The van der Waals surface area contributed by atoms with Gasteiger partial charge in [0.25, 0.3) is 0 Å². The first-order chi connectivity index (χ1) is 10.1. The third-order valence-electron chi connectivity index (χ3n) is 2.97. The molecule has 3 aromatic rings. The van der Waals surface area contributed by atoms with Crippen molar-refractivity contribution in [2.75, 3.05) is 0 Å². The SMILES string of the molecule is Cc1cc(CSc2nncn2-c2ccc(C)c(Cl)c2)on1. The third kappa shape index (κ3) is 3.11. The van der Waals surface area contributed by atoms with Gasteiger partial charge in [-0.3, -0.25) is 4.57 Å². The standard InChI is InChI=1S/C14H13ClN4OS/c1-9-3-4-11(6-13(9)15)19-8-16-17-14(19)21-7-12-5-10(2)18-20-12/h3-6,8H,7H2,1-2H3. The Hall–Kier alpha value is -1.79. The Kier molecular flexibility index (Phi) is 3.98. The Balaban J connectivity index is 1.81. The van der Waals surface area contributed by atoms with E-state index >= 15 is 0 Å². The molecule has 0 fully saturated rings. The highest BCUT2D eigenvalue weighted by Gasteiger charge is 2.10. The molecule has 0 aliphatic rings. The lowest BCUT2D eigenvalue weighted by atomic mass is 10.2. The van der Waals surface area contributed by atoms with Crippen LogP contribution in [0.5, 0.6) is 0 Å². The summed E-state index contributed by atoms with van der Waals surface area (Å²) in [5.74, 6) is 1.47. The van der Waals surface area contributed by atoms with Gasteiger partial charge < -0.3 is 4.52 Å². The van der Waals surface area contributed by atoms with Gasteiger partial charge in [-0.05, 0) is 31.5 Å². The van der Waals surface area contributed by atoms with E-state index in [0.717, 1.165) is 32.9 Å². The number of benzene rings is 1. The van der Waals surface area contributed by atoms with Crippen LogP contribution in [0.25, 0.3) is 5.69 Å². The van der Waals surface area contributed by atoms with E-state index in [4.69, 9.17) is 16.1 Å². The first-order valence-corrected chi connectivity index (χ1v) is 7.71. The number of nitrogens with zero attached hydrogens (tertiary/aromatic N) is 4. The fourth-order valence-corrected chi connectivity index (χ4v) is 2.83. The number of aryl methyl sites for hydroxylation is 2. The van der Waals surface area contributed by atoms with Crippen LogP contribution in [-0.2, 0) is 5.75 Å². The summed E-state index contributed by atoms with van der Waals surface area (Å²) in [5, 5.41) is 13.5. The second-order valence-electron chi connectivity index (χ2n) is 4.64. The minimum Gasteiger partial charge on any atom is -0.360 e. The van der Waals surface area contributed by atoms with Crippen molar-refractivity contribution in [2.24, 2.45) is 0 Å². The first-order valence-electron chi connectivity index (χ1n) is 6.35. The maximum Gasteiger partial charge on any atom is 0.196 e. The summed E-state index contributed by atoms with van der Waals surface area (Å²) >= 11 is 7.71. The van der Waals surface area contributed by atoms with Gasteiger partial charge in [0.1, 0.15) is 12.1 Å². The Labute approximate surface area is 131 Å². The number of halogens is 1. The minimum absolute atomic E-state index is 0.652. The normalized spacial score (nSPS) is 11.0. The van der Waals surface area contributed by atoms with Gasteiger partial charge >= 0.3 is 0 Å². The summed E-state index contributed by atoms with van der Waals surface area (Å²) in [7, 11) is 0. The maximum atomic E-state index is 6.17. The molecule has 3 rings (SSSR count). The molecule has 21 heavy (non-hydrogen) atoms. The van der Waals surface area contributed by atoms with Crippen molar-refractivity contribution in [1.29, 1.82) is 0 Å². The van der Waals surface area contributed by atoms with Crippen molar-refractivity contribution >= 4 is 23.4 Å². The third-order valence-corrected chi connectivity index (χ3v) is 4.34. The van der Waals surface area contributed by atoms with Crippen LogP contribution >= 0.6 is 23.4 Å². The van der Waals surface area contributed by atoms with Crippen molar-refractivity contribution in [3.8, 4) is 5.69 Å². The molecule has 0 radical (unpaired) electrons. The molecule has 0 bridgehead atoms. The molecular weight excluding hydrogens is 308 g/mol. The Morgan fingerprint density at radius 3 is 2.86 bits per heavy atom. The van der Waals surface area contributed by atoms with Crippen molar-refractivity contribution in [1.82, 2.24) is 19.9 Å². The molecule has 0 N–H and O–H groups in total. The maximum absolute atomic E-state index is 6.17. The zero-order valence-electron chi connectivity index (χ0n) is 11.6. The van der Waals surface area contributed by atoms with Crippen LogP contribution in [0.1, 0.15) is 17.0 Å². The van der Waals surface area contributed by atoms with Gasteiger partial charge in [-0.2, -0.15) is 0 Å². The van der Waals surface area contributed by atoms with Gasteiger partial charge in [0.15, 0.2) is 5.16 Å². The van der Waals surface area contributed by atoms with Gasteiger partial charge in [0, 0.05) is 11.1 Å². The van der Waals surface area contributed by atoms with E-state index in [1.54, 1.807) is 6.33 Å². The lowest BCUT2D eigenvalue weighted by Crippen LogP contribution is -1.95. The fraction of sp³-hybridized carbons (Fsp3) is 0.214. The van der Waals surface area contributed by atoms with Gasteiger partial charge in [-0.25, -0.2) is 0 Å². The molecular formula is C14H13ClN4OS. The van der Waals surface area contributed by atoms with Crippen LogP contribution in [0.4, 0.5) is 0 Å². The summed E-state index contributed by atoms with van der Waals surface area (Å²) in [4.78, 5) is 0. The second kappa shape index (κ2) is 5.91. The Morgan fingerprint density at radius 1 is 1.29 bits per heavy atom. The Morgan fingerprint density at radius 2 is 2.14 bits per heavy atom. The fourth-order valence-electron chi connectivity index (χ4n) is 1.85. The number of thioether (sulfide) groups is 1. The summed E-state index contributed by atoms with van der Waals surface area (Å²) in [6, 6.07) is 7.79. The van der Waals surface area contributed by atoms with Crippen molar-refractivity contribution in [3.05, 3.63) is 52.6 Å². The van der Waals surface area contributed by atoms with E-state index in [9.17, 15) is 0 Å². The van der Waals surface area contributed by atoms with Crippen LogP contribution < -0.4 is 0 Å². The quantitative estimate of drug-likeness (QED) is 0.684. The van der Waals surface area contributed by atoms with E-state index in [0.29, 0.717) is 5.75 Å². The molecule has 0 spiro atoms. The molecule has 0 aliphatic carbocycles. The topological polar surface area (TPSA) is 56.7 Å². The van der Waals surface area contributed by atoms with Crippen molar-refractivity contribution < 1.29 is 4.52 Å². The highest BCUT2D eigenvalue weighted by atomic mass is 35.5. The summed E-state index contributed by atoms with van der Waals surface area (Å²) in [6.45, 7) is 3.87. The zero-order chi connectivity index (χ0) is 14.8. The zero-order valence-corrected chi connectivity index (χ0v) is 13.1. The predicted molar refractivity (Wildman–Crippen MR) is 81.9 cm³/mol. The lowest BCUT2D eigenvalue weighted by molar-refractivity contribution is 0.391. The minimum atomic E-state index is 0.652. The van der Waals surface area contributed by atoms with E-state index in [1.165, 1.54) is 11.8 Å². The highest BCUT2D eigenvalue weighted by Crippen LogP contribution is 2.26. The largest absolute Gasteiger partial charge is 0.360 e. The van der Waals surface area contributed by atoms with Crippen molar-refractivity contribution in [3.63, 3.8) is 0 Å². The van der Waals surface area contributed by atoms with E-state index in [1.807, 2.05) is 42.7 Å². The van der Waals surface area contributed by atoms with Gasteiger partial charge in [-0.1, -0.05) is 34.6 Å². The molecule has 0 aliphatic heterocycles. The molecule has 0 atom stereocenters. The average molecular weight is 321 g/mol. The number of rotatable bonds is 4. The Bertz CT molecular complexity index is 768. The molecule has 5 nitrogen and oxygen atoms in total. The molecule has 7 heteroatoms. The average Bonchev–Trinajstić information content (AvgIpc) is 3.08. The number of hydrogen-bond acceptors (Lipinski definition) is 5. The van der Waals surface area contributed by atoms with Crippen LogP contribution in [0.15, 0.2) is 40.3 Å². The summed E-state index contributed by atoms with van der Waals surface area (Å²) in [5.41, 5.74) is 2.85. The summed E-state index contributed by atoms with van der Waals surface area (Å²) in [6.07, 6.45) is 1.68. The second-order valence-corrected chi connectivity index (χ2v) is 5.99. The molecule has 0 amide bonds. The molecule has 2 aromatic heterocycles. The van der Waals surface area contributed by atoms with E-state index in [-0.39, 0.29) is 0 Å². The summed E-state index contributed by atoms with van der Waals surface area (Å²) < 4.78 is 7.10. The monoisotopic (exact) mass is 320 g/mol. The molecule has 2 heterocycles. The predicted octanol–water partition coefficient (Wildman–Crippen LogP) is 3.82. The molecule has 108 valence electrons. The molecule has 1 aromatic carbocycles. The van der Waals surface area contributed by atoms with Crippen LogP contribution in [-0.4, -0.2) is 19.9 Å². The van der Waals surface area contributed by atoms with E-state index in [2.05, 4.69) is 15.4 Å². The molecule has 0 saturated carbocycles. The van der Waals surface area contributed by atoms with Crippen LogP contribution in [0, 0.1) is 13.8 Å². The van der Waals surface area contributed by atoms with Crippen LogP contribution in [0.2, 0.25) is 5.02 Å². The van der Waals surface area contributed by atoms with Crippen LogP contribution in [0.3, 0.4) is 0 Å². The highest BCUT2D eigenvalue weighted by molar-refractivity contribution is 7.98. The van der Waals surface area contributed by atoms with Crippen molar-refractivity contribution in [2.45, 2.75) is 24.8 Å². The number of hydrogen-bond donors (Lipinski definition) is 0. The molecule has 0 unspecified atom stereocenters. The van der Waals surface area contributed by atoms with Gasteiger partial charge in [0.05, 0.1) is 17.1 Å². The first kappa shape index (κ1) is 14.2. The smallest absolute Gasteiger partial charge is 0.196 e. The van der Waals surface area contributed by atoms with Gasteiger partial charge in [-0.15, -0.1) is 10.2 Å². The lowest BCUT2D eigenvalue weighted by Gasteiger charge is -2.07. The molecule has 0 saturated heterocycles. The van der Waals surface area contributed by atoms with E-state index < -0.39 is 0 Å².